The van der Waals surface area contributed by atoms with Crippen molar-refractivity contribution in [2.24, 2.45) is 0 Å². The zero-order valence-corrected chi connectivity index (χ0v) is 12.9. The fraction of sp³-hybridized carbons (Fsp3) is 0.462. The molecule has 0 radical (unpaired) electrons. The third-order valence-electron chi connectivity index (χ3n) is 2.90. The van der Waals surface area contributed by atoms with Gasteiger partial charge in [0.25, 0.3) is 0 Å². The van der Waals surface area contributed by atoms with Crippen molar-refractivity contribution < 1.29 is 23.4 Å². The molecule has 0 amide bonds. The molecule has 21 heavy (non-hydrogen) atoms. The lowest BCUT2D eigenvalue weighted by Gasteiger charge is -2.14. The van der Waals surface area contributed by atoms with Crippen LogP contribution >= 0.6 is 0 Å². The smallest absolute Gasteiger partial charge is 0.337 e. The lowest BCUT2D eigenvalue weighted by atomic mass is 10.1. The Hall–Kier alpha value is -1.64. The van der Waals surface area contributed by atoms with Gasteiger partial charge in [0.05, 0.1) is 10.5 Å². The highest BCUT2D eigenvalue weighted by Crippen LogP contribution is 2.22. The first-order valence-corrected chi connectivity index (χ1v) is 7.89. The number of carbonyl (C=O) groups is 1. The topological polar surface area (TPSA) is 107 Å². The van der Waals surface area contributed by atoms with Crippen molar-refractivity contribution in [2.75, 3.05) is 32.6 Å². The predicted octanol–water partition coefficient (Wildman–Crippen LogP) is 0.820. The highest BCUT2D eigenvalue weighted by atomic mass is 32.2. The van der Waals surface area contributed by atoms with Gasteiger partial charge in [-0.1, -0.05) is 0 Å². The molecule has 0 unspecified atom stereocenters. The lowest BCUT2D eigenvalue weighted by molar-refractivity contribution is 0.0697. The van der Waals surface area contributed by atoms with E-state index in [0.717, 1.165) is 10.4 Å². The van der Waals surface area contributed by atoms with Gasteiger partial charge in [0.1, 0.15) is 0 Å². The van der Waals surface area contributed by atoms with Gasteiger partial charge in [-0.05, 0) is 31.0 Å². The quantitative estimate of drug-likeness (QED) is 0.613. The van der Waals surface area contributed by atoms with Gasteiger partial charge in [0.15, 0.2) is 0 Å². The third-order valence-corrected chi connectivity index (χ3v) is 4.71. The Bertz CT molecular complexity index is 599. The molecule has 0 atom stereocenters. The molecule has 7 nitrogen and oxygen atoms in total. The lowest BCUT2D eigenvalue weighted by Crippen LogP contribution is -2.22. The van der Waals surface area contributed by atoms with Gasteiger partial charge in [0, 0.05) is 32.9 Å². The summed E-state index contributed by atoms with van der Waals surface area (Å²) < 4.78 is 25.0. The number of aliphatic hydroxyl groups excluding tert-OH is 1. The number of hydrogen-bond donors (Lipinski definition) is 3. The Labute approximate surface area is 124 Å². The van der Waals surface area contributed by atoms with Crippen LogP contribution in [0.3, 0.4) is 0 Å². The highest BCUT2D eigenvalue weighted by molar-refractivity contribution is 7.89. The first kappa shape index (κ1) is 17.4. The maximum absolute atomic E-state index is 12.0. The first-order valence-electron chi connectivity index (χ1n) is 6.45. The molecule has 0 spiro atoms. The Morgan fingerprint density at radius 1 is 1.29 bits per heavy atom. The Balaban J connectivity index is 3.06. The summed E-state index contributed by atoms with van der Waals surface area (Å²) in [5.74, 6) is -1.20. The van der Waals surface area contributed by atoms with Crippen molar-refractivity contribution in [3.8, 4) is 0 Å². The van der Waals surface area contributed by atoms with Crippen molar-refractivity contribution in [1.82, 2.24) is 4.31 Å². The van der Waals surface area contributed by atoms with E-state index in [-0.39, 0.29) is 17.1 Å². The van der Waals surface area contributed by atoms with E-state index in [1.54, 1.807) is 0 Å². The monoisotopic (exact) mass is 316 g/mol. The standard InChI is InChI=1S/C13H20N2O5S/c1-15(2)21(19,20)10-5-6-12(11(9-10)13(17)18)14-7-3-4-8-16/h5-6,9,14,16H,3-4,7-8H2,1-2H3,(H,17,18). The molecule has 0 aromatic heterocycles. The second-order valence-corrected chi connectivity index (χ2v) is 6.81. The third kappa shape index (κ3) is 4.42. The Kier molecular flexibility index (Phi) is 6.13. The molecular formula is C13H20N2O5S. The van der Waals surface area contributed by atoms with E-state index in [4.69, 9.17) is 5.11 Å². The van der Waals surface area contributed by atoms with Crippen molar-refractivity contribution >= 4 is 21.7 Å². The van der Waals surface area contributed by atoms with Crippen LogP contribution in [0, 0.1) is 0 Å². The summed E-state index contributed by atoms with van der Waals surface area (Å²) in [5.41, 5.74) is 0.264. The maximum Gasteiger partial charge on any atom is 0.337 e. The van der Waals surface area contributed by atoms with Gasteiger partial charge in [-0.3, -0.25) is 0 Å². The van der Waals surface area contributed by atoms with Crippen LogP contribution < -0.4 is 5.32 Å². The summed E-state index contributed by atoms with van der Waals surface area (Å²) in [5, 5.41) is 20.8. The largest absolute Gasteiger partial charge is 0.478 e. The molecular weight excluding hydrogens is 296 g/mol. The second-order valence-electron chi connectivity index (χ2n) is 4.66. The van der Waals surface area contributed by atoms with Crippen LogP contribution in [0.25, 0.3) is 0 Å². The number of sulfonamides is 1. The molecule has 118 valence electrons. The number of nitrogens with one attached hydrogen (secondary N) is 1. The van der Waals surface area contributed by atoms with Crippen LogP contribution in [0.1, 0.15) is 23.2 Å². The highest BCUT2D eigenvalue weighted by Gasteiger charge is 2.20. The number of nitrogens with zero attached hydrogens (tertiary/aromatic N) is 1. The number of anilines is 1. The molecule has 3 N–H and O–H groups in total. The van der Waals surface area contributed by atoms with Crippen LogP contribution in [-0.2, 0) is 10.0 Å². The van der Waals surface area contributed by atoms with Crippen molar-refractivity contribution in [1.29, 1.82) is 0 Å². The van der Waals surface area contributed by atoms with Crippen LogP contribution in [0.15, 0.2) is 23.1 Å². The Morgan fingerprint density at radius 2 is 1.95 bits per heavy atom. The minimum Gasteiger partial charge on any atom is -0.478 e. The minimum absolute atomic E-state index is 0.0641. The van der Waals surface area contributed by atoms with E-state index in [0.29, 0.717) is 25.1 Å². The van der Waals surface area contributed by atoms with Gasteiger partial charge in [-0.2, -0.15) is 0 Å². The van der Waals surface area contributed by atoms with Crippen LogP contribution in [0.5, 0.6) is 0 Å². The number of rotatable bonds is 8. The van der Waals surface area contributed by atoms with Crippen LogP contribution in [0.4, 0.5) is 5.69 Å². The molecule has 1 aromatic carbocycles. The molecule has 1 aromatic rings. The normalized spacial score (nSPS) is 11.6. The number of aromatic carboxylic acids is 1. The number of carboxylic acid groups (broad SMARTS) is 1. The number of carboxylic acids is 1. The van der Waals surface area contributed by atoms with Gasteiger partial charge < -0.3 is 15.5 Å². The van der Waals surface area contributed by atoms with E-state index in [9.17, 15) is 18.3 Å². The van der Waals surface area contributed by atoms with E-state index in [2.05, 4.69) is 5.32 Å². The molecule has 0 aliphatic rings. The fourth-order valence-electron chi connectivity index (χ4n) is 1.69. The number of aliphatic hydroxyl groups is 1. The number of benzene rings is 1. The molecule has 0 aliphatic heterocycles. The molecule has 8 heteroatoms. The molecule has 0 fully saturated rings. The zero-order valence-electron chi connectivity index (χ0n) is 12.0. The Morgan fingerprint density at radius 3 is 2.48 bits per heavy atom. The number of hydrogen-bond acceptors (Lipinski definition) is 5. The van der Waals surface area contributed by atoms with Gasteiger partial charge >= 0.3 is 5.97 Å². The summed E-state index contributed by atoms with van der Waals surface area (Å²) >= 11 is 0. The van der Waals surface area contributed by atoms with Crippen molar-refractivity contribution in [3.05, 3.63) is 23.8 Å². The summed E-state index contributed by atoms with van der Waals surface area (Å²) in [6.45, 7) is 0.577. The SMILES string of the molecule is CN(C)S(=O)(=O)c1ccc(NCCCCO)c(C(=O)O)c1. The zero-order chi connectivity index (χ0) is 16.0. The summed E-state index contributed by atoms with van der Waals surface area (Å²) in [4.78, 5) is 11.2. The van der Waals surface area contributed by atoms with E-state index in [1.165, 1.54) is 26.2 Å². The van der Waals surface area contributed by atoms with Crippen molar-refractivity contribution in [2.45, 2.75) is 17.7 Å². The fourth-order valence-corrected chi connectivity index (χ4v) is 2.61. The van der Waals surface area contributed by atoms with Gasteiger partial charge in [0.2, 0.25) is 10.0 Å². The predicted molar refractivity (Wildman–Crippen MR) is 79.1 cm³/mol. The summed E-state index contributed by atoms with van der Waals surface area (Å²) in [7, 11) is -0.898. The maximum atomic E-state index is 12.0. The summed E-state index contributed by atoms with van der Waals surface area (Å²) in [6, 6.07) is 3.96. The second kappa shape index (κ2) is 7.39. The average Bonchev–Trinajstić information content (AvgIpc) is 2.43. The molecule has 0 bridgehead atoms. The van der Waals surface area contributed by atoms with Crippen molar-refractivity contribution in [3.63, 3.8) is 0 Å². The molecule has 0 heterocycles. The first-order chi connectivity index (χ1) is 9.80. The molecule has 0 aliphatic carbocycles. The minimum atomic E-state index is -3.67. The van der Waals surface area contributed by atoms with Gasteiger partial charge in [-0.15, -0.1) is 0 Å². The average molecular weight is 316 g/mol. The summed E-state index contributed by atoms with van der Waals surface area (Å²) in [6.07, 6.45) is 1.30. The molecule has 1 rings (SSSR count). The van der Waals surface area contributed by atoms with E-state index >= 15 is 0 Å². The van der Waals surface area contributed by atoms with E-state index < -0.39 is 16.0 Å². The van der Waals surface area contributed by atoms with Crippen LogP contribution in [0.2, 0.25) is 0 Å². The number of unbranched alkanes of at least 4 members (excludes halogenated alkanes) is 1. The molecule has 0 saturated carbocycles. The van der Waals surface area contributed by atoms with E-state index in [1.807, 2.05) is 0 Å². The molecule has 0 saturated heterocycles. The van der Waals surface area contributed by atoms with Gasteiger partial charge in [-0.25, -0.2) is 17.5 Å². The van der Waals surface area contributed by atoms with Crippen LogP contribution in [-0.4, -0.2) is 56.2 Å².